The molecule has 0 unspecified atom stereocenters. The number of rotatable bonds is 11. The summed E-state index contributed by atoms with van der Waals surface area (Å²) < 4.78 is 0. The SMILES string of the molecule is CC(C)C[C@H](NC(=O)C(C)(C)C)C(=O)NCCSSCCC(=O)O. The molecule has 0 aliphatic carbocycles. The first kappa shape index (κ1) is 23.1. The van der Waals surface area contributed by atoms with E-state index in [1.54, 1.807) is 0 Å². The van der Waals surface area contributed by atoms with Crippen molar-refractivity contribution < 1.29 is 19.5 Å². The summed E-state index contributed by atoms with van der Waals surface area (Å²) in [6, 6.07) is -0.526. The molecule has 0 spiro atoms. The van der Waals surface area contributed by atoms with Crippen LogP contribution in [0.25, 0.3) is 0 Å². The number of carboxylic acid groups (broad SMARTS) is 1. The summed E-state index contributed by atoms with van der Waals surface area (Å²) in [5.74, 6) is 0.423. The standard InChI is InChI=1S/C16H30N2O4S2/c1-11(2)10-12(18-15(22)16(3,4)5)14(21)17-7-9-24-23-8-6-13(19)20/h11-12H,6-10H2,1-5H3,(H,17,21)(H,18,22)(H,19,20)/t12-/m0/s1. The highest BCUT2D eigenvalue weighted by Gasteiger charge is 2.27. The second-order valence-electron chi connectivity index (χ2n) is 6.98. The molecule has 0 saturated carbocycles. The van der Waals surface area contributed by atoms with Gasteiger partial charge in [-0.3, -0.25) is 14.4 Å². The fourth-order valence-corrected chi connectivity index (χ4v) is 3.55. The molecular formula is C16H30N2O4S2. The molecule has 8 heteroatoms. The van der Waals surface area contributed by atoms with E-state index in [0.717, 1.165) is 0 Å². The zero-order chi connectivity index (χ0) is 18.8. The van der Waals surface area contributed by atoms with Crippen LogP contribution in [0.5, 0.6) is 0 Å². The summed E-state index contributed by atoms with van der Waals surface area (Å²) >= 11 is 0. The van der Waals surface area contributed by atoms with Gasteiger partial charge in [0, 0.05) is 23.5 Å². The van der Waals surface area contributed by atoms with Gasteiger partial charge >= 0.3 is 5.97 Å². The molecule has 0 heterocycles. The molecule has 0 aliphatic rings. The molecule has 0 aromatic rings. The highest BCUT2D eigenvalue weighted by molar-refractivity contribution is 8.76. The lowest BCUT2D eigenvalue weighted by Gasteiger charge is -2.25. The number of hydrogen-bond acceptors (Lipinski definition) is 5. The molecule has 0 aliphatic heterocycles. The van der Waals surface area contributed by atoms with Crippen molar-refractivity contribution in [1.82, 2.24) is 10.6 Å². The Bertz CT molecular complexity index is 423. The van der Waals surface area contributed by atoms with Crippen molar-refractivity contribution in [1.29, 1.82) is 0 Å². The number of amides is 2. The fraction of sp³-hybridized carbons (Fsp3) is 0.812. The molecule has 0 radical (unpaired) electrons. The summed E-state index contributed by atoms with van der Waals surface area (Å²) in [5, 5.41) is 14.2. The Morgan fingerprint density at radius 1 is 1.08 bits per heavy atom. The number of hydrogen-bond donors (Lipinski definition) is 3. The van der Waals surface area contributed by atoms with Gasteiger partial charge in [-0.1, -0.05) is 56.2 Å². The Kier molecular flexibility index (Phi) is 11.2. The highest BCUT2D eigenvalue weighted by atomic mass is 33.1. The molecule has 0 rings (SSSR count). The monoisotopic (exact) mass is 378 g/mol. The van der Waals surface area contributed by atoms with Crippen LogP contribution in [-0.4, -0.2) is 47.0 Å². The van der Waals surface area contributed by atoms with E-state index in [9.17, 15) is 14.4 Å². The molecule has 0 fully saturated rings. The van der Waals surface area contributed by atoms with Crippen molar-refractivity contribution in [2.45, 2.75) is 53.5 Å². The predicted molar refractivity (Wildman–Crippen MR) is 101 cm³/mol. The maximum Gasteiger partial charge on any atom is 0.304 e. The van der Waals surface area contributed by atoms with Gasteiger partial charge in [-0.05, 0) is 12.3 Å². The van der Waals surface area contributed by atoms with Crippen LogP contribution in [0.15, 0.2) is 0 Å². The summed E-state index contributed by atoms with van der Waals surface area (Å²) in [4.78, 5) is 34.8. The Morgan fingerprint density at radius 2 is 1.67 bits per heavy atom. The van der Waals surface area contributed by atoms with Crippen LogP contribution < -0.4 is 10.6 Å². The molecule has 0 aromatic carbocycles. The summed E-state index contributed by atoms with van der Waals surface area (Å²) in [5.41, 5.74) is -0.536. The third-order valence-electron chi connectivity index (χ3n) is 2.98. The van der Waals surface area contributed by atoms with Gasteiger partial charge in [-0.25, -0.2) is 0 Å². The lowest BCUT2D eigenvalue weighted by atomic mass is 9.94. The van der Waals surface area contributed by atoms with E-state index < -0.39 is 17.4 Å². The fourth-order valence-electron chi connectivity index (χ4n) is 1.66. The number of carbonyl (C=O) groups is 3. The van der Waals surface area contributed by atoms with Crippen LogP contribution in [0, 0.1) is 11.3 Å². The summed E-state index contributed by atoms with van der Waals surface area (Å²) in [7, 11) is 3.01. The molecule has 3 N–H and O–H groups in total. The van der Waals surface area contributed by atoms with E-state index in [2.05, 4.69) is 10.6 Å². The van der Waals surface area contributed by atoms with Crippen LogP contribution in [0.2, 0.25) is 0 Å². The predicted octanol–water partition coefficient (Wildman–Crippen LogP) is 2.54. The van der Waals surface area contributed by atoms with Gasteiger partial charge in [-0.15, -0.1) is 0 Å². The number of carboxylic acids is 1. The van der Waals surface area contributed by atoms with Gasteiger partial charge < -0.3 is 15.7 Å². The summed E-state index contributed by atoms with van der Waals surface area (Å²) in [6.07, 6.45) is 0.730. The quantitative estimate of drug-likeness (QED) is 0.378. The first-order valence-electron chi connectivity index (χ1n) is 8.09. The molecular weight excluding hydrogens is 348 g/mol. The van der Waals surface area contributed by atoms with Crippen LogP contribution in [0.3, 0.4) is 0 Å². The van der Waals surface area contributed by atoms with E-state index in [1.807, 2.05) is 34.6 Å². The van der Waals surface area contributed by atoms with E-state index in [4.69, 9.17) is 5.11 Å². The Hall–Kier alpha value is -0.890. The number of nitrogens with one attached hydrogen (secondary N) is 2. The van der Waals surface area contributed by atoms with Gasteiger partial charge in [0.25, 0.3) is 0 Å². The molecule has 24 heavy (non-hydrogen) atoms. The Labute approximate surface area is 152 Å². The maximum absolute atomic E-state index is 12.3. The average molecular weight is 379 g/mol. The molecule has 0 bridgehead atoms. The Morgan fingerprint density at radius 3 is 2.17 bits per heavy atom. The van der Waals surface area contributed by atoms with Crippen LogP contribution >= 0.6 is 21.6 Å². The zero-order valence-electron chi connectivity index (χ0n) is 15.2. The van der Waals surface area contributed by atoms with Gasteiger partial charge in [0.1, 0.15) is 6.04 Å². The minimum atomic E-state index is -0.803. The first-order chi connectivity index (χ1) is 11.0. The van der Waals surface area contributed by atoms with E-state index in [1.165, 1.54) is 21.6 Å². The van der Waals surface area contributed by atoms with Crippen molar-refractivity contribution in [3.63, 3.8) is 0 Å². The van der Waals surface area contributed by atoms with E-state index in [0.29, 0.717) is 30.4 Å². The number of aliphatic carboxylic acids is 1. The van der Waals surface area contributed by atoms with Gasteiger partial charge in [-0.2, -0.15) is 0 Å². The van der Waals surface area contributed by atoms with Crippen molar-refractivity contribution in [2.24, 2.45) is 11.3 Å². The molecule has 6 nitrogen and oxygen atoms in total. The highest BCUT2D eigenvalue weighted by Crippen LogP contribution is 2.21. The molecule has 1 atom stereocenters. The lowest BCUT2D eigenvalue weighted by Crippen LogP contribution is -2.50. The maximum atomic E-state index is 12.3. The van der Waals surface area contributed by atoms with Crippen molar-refractivity contribution in [2.75, 3.05) is 18.1 Å². The molecule has 0 saturated heterocycles. The third kappa shape index (κ3) is 11.6. The van der Waals surface area contributed by atoms with Crippen molar-refractivity contribution in [3.8, 4) is 0 Å². The van der Waals surface area contributed by atoms with Crippen LogP contribution in [0.4, 0.5) is 0 Å². The normalized spacial score (nSPS) is 12.8. The minimum absolute atomic E-state index is 0.137. The first-order valence-corrected chi connectivity index (χ1v) is 10.6. The Balaban J connectivity index is 4.22. The zero-order valence-corrected chi connectivity index (χ0v) is 16.8. The van der Waals surface area contributed by atoms with Gasteiger partial charge in [0.05, 0.1) is 6.42 Å². The second-order valence-corrected chi connectivity index (χ2v) is 9.69. The van der Waals surface area contributed by atoms with Gasteiger partial charge in [0.15, 0.2) is 0 Å². The van der Waals surface area contributed by atoms with E-state index in [-0.39, 0.29) is 18.2 Å². The molecule has 140 valence electrons. The molecule has 2 amide bonds. The third-order valence-corrected chi connectivity index (χ3v) is 5.39. The largest absolute Gasteiger partial charge is 0.481 e. The van der Waals surface area contributed by atoms with E-state index >= 15 is 0 Å². The van der Waals surface area contributed by atoms with Crippen molar-refractivity contribution >= 4 is 39.4 Å². The van der Waals surface area contributed by atoms with Crippen molar-refractivity contribution in [3.05, 3.63) is 0 Å². The second kappa shape index (κ2) is 11.6. The smallest absolute Gasteiger partial charge is 0.304 e. The minimum Gasteiger partial charge on any atom is -0.481 e. The van der Waals surface area contributed by atoms with Gasteiger partial charge in [0.2, 0.25) is 11.8 Å². The lowest BCUT2D eigenvalue weighted by molar-refractivity contribution is -0.136. The molecule has 0 aromatic heterocycles. The van der Waals surface area contributed by atoms with Crippen LogP contribution in [-0.2, 0) is 14.4 Å². The topological polar surface area (TPSA) is 95.5 Å². The number of carbonyl (C=O) groups excluding carboxylic acids is 2. The average Bonchev–Trinajstić information content (AvgIpc) is 2.43. The van der Waals surface area contributed by atoms with Crippen LogP contribution in [0.1, 0.15) is 47.5 Å². The summed E-state index contributed by atoms with van der Waals surface area (Å²) in [6.45, 7) is 9.97.